The van der Waals surface area contributed by atoms with E-state index in [9.17, 15) is 17.6 Å². The van der Waals surface area contributed by atoms with Crippen molar-refractivity contribution in [1.29, 1.82) is 0 Å². The summed E-state index contributed by atoms with van der Waals surface area (Å²) in [6.07, 6.45) is 1.08. The first-order chi connectivity index (χ1) is 13.1. The Balaban J connectivity index is 2.07. The van der Waals surface area contributed by atoms with Crippen LogP contribution < -0.4 is 14.4 Å². The number of sulfonamides is 1. The lowest BCUT2D eigenvalue weighted by Gasteiger charge is -2.28. The van der Waals surface area contributed by atoms with Crippen LogP contribution >= 0.6 is 0 Å². The Morgan fingerprint density at radius 2 is 1.64 bits per heavy atom. The van der Waals surface area contributed by atoms with Gasteiger partial charge in [0.15, 0.2) is 0 Å². The van der Waals surface area contributed by atoms with Crippen LogP contribution in [-0.4, -0.2) is 32.7 Å². The summed E-state index contributed by atoms with van der Waals surface area (Å²) in [5.41, 5.74) is 1.08. The van der Waals surface area contributed by atoms with E-state index in [4.69, 9.17) is 4.74 Å². The summed E-state index contributed by atoms with van der Waals surface area (Å²) in [6.45, 7) is 5.60. The molecule has 152 valence electrons. The van der Waals surface area contributed by atoms with Crippen molar-refractivity contribution >= 4 is 21.6 Å². The summed E-state index contributed by atoms with van der Waals surface area (Å²) in [7, 11) is -3.74. The largest absolute Gasteiger partial charge is 0.491 e. The Bertz CT molecular complexity index is 897. The van der Waals surface area contributed by atoms with Crippen molar-refractivity contribution in [1.82, 2.24) is 5.32 Å². The first kappa shape index (κ1) is 21.7. The molecule has 0 saturated heterocycles. The number of nitrogens with one attached hydrogen (secondary N) is 1. The molecule has 2 aromatic carbocycles. The lowest BCUT2D eigenvalue weighted by Crippen LogP contribution is -2.47. The maximum atomic E-state index is 13.2. The highest BCUT2D eigenvalue weighted by atomic mass is 32.2. The van der Waals surface area contributed by atoms with Gasteiger partial charge in [-0.25, -0.2) is 12.8 Å². The third kappa shape index (κ3) is 5.95. The highest BCUT2D eigenvalue weighted by Gasteiger charge is 2.28. The molecule has 1 unspecified atom stereocenters. The van der Waals surface area contributed by atoms with Gasteiger partial charge < -0.3 is 10.1 Å². The number of benzene rings is 2. The van der Waals surface area contributed by atoms with Crippen molar-refractivity contribution in [3.05, 3.63) is 59.9 Å². The molecule has 8 heteroatoms. The van der Waals surface area contributed by atoms with E-state index in [1.165, 1.54) is 19.1 Å². The number of carbonyl (C=O) groups excluding carboxylic acids is 1. The summed E-state index contributed by atoms with van der Waals surface area (Å²) in [6, 6.07) is 11.2. The van der Waals surface area contributed by atoms with E-state index in [0.29, 0.717) is 0 Å². The molecule has 1 amide bonds. The van der Waals surface area contributed by atoms with Crippen LogP contribution in [0.3, 0.4) is 0 Å². The first-order valence-corrected chi connectivity index (χ1v) is 10.7. The number of halogens is 1. The molecule has 0 saturated carbocycles. The molecule has 0 fully saturated rings. The van der Waals surface area contributed by atoms with Crippen LogP contribution in [0.4, 0.5) is 10.1 Å². The molecule has 2 aromatic rings. The molecule has 6 nitrogen and oxygen atoms in total. The number of anilines is 1. The fourth-order valence-corrected chi connectivity index (χ4v) is 3.87. The number of hydrogen-bond donors (Lipinski definition) is 1. The van der Waals surface area contributed by atoms with Crippen molar-refractivity contribution in [2.75, 3.05) is 10.6 Å². The molecule has 0 aliphatic rings. The van der Waals surface area contributed by atoms with Gasteiger partial charge in [-0.2, -0.15) is 0 Å². The molecule has 0 aliphatic carbocycles. The highest BCUT2D eigenvalue weighted by molar-refractivity contribution is 7.92. The van der Waals surface area contributed by atoms with Crippen LogP contribution in [0.15, 0.2) is 48.5 Å². The second-order valence-electron chi connectivity index (χ2n) is 6.74. The lowest BCUT2D eigenvalue weighted by molar-refractivity contribution is -0.122. The van der Waals surface area contributed by atoms with Crippen LogP contribution in [0.2, 0.25) is 0 Å². The van der Waals surface area contributed by atoms with E-state index in [1.54, 1.807) is 0 Å². The summed E-state index contributed by atoms with van der Waals surface area (Å²) in [5.74, 6) is -0.213. The monoisotopic (exact) mass is 408 g/mol. The Morgan fingerprint density at radius 3 is 2.14 bits per heavy atom. The Kier molecular flexibility index (Phi) is 7.01. The minimum absolute atomic E-state index is 0.0693. The van der Waals surface area contributed by atoms with Gasteiger partial charge in [0.25, 0.3) is 0 Å². The molecule has 0 spiro atoms. The number of amides is 1. The van der Waals surface area contributed by atoms with Gasteiger partial charge in [-0.1, -0.05) is 12.1 Å². The van der Waals surface area contributed by atoms with Gasteiger partial charge in [0.1, 0.15) is 17.6 Å². The van der Waals surface area contributed by atoms with Crippen LogP contribution in [-0.2, 0) is 21.4 Å². The van der Waals surface area contributed by atoms with E-state index in [-0.39, 0.29) is 18.3 Å². The average molecular weight is 408 g/mol. The molecule has 1 atom stereocenters. The second kappa shape index (κ2) is 9.05. The lowest BCUT2D eigenvalue weighted by atomic mass is 10.2. The Labute approximate surface area is 165 Å². The smallest absolute Gasteiger partial charge is 0.243 e. The summed E-state index contributed by atoms with van der Waals surface area (Å²) < 4.78 is 44.1. The van der Waals surface area contributed by atoms with Crippen molar-refractivity contribution in [2.24, 2.45) is 0 Å². The minimum Gasteiger partial charge on any atom is -0.491 e. The maximum Gasteiger partial charge on any atom is 0.243 e. The molecule has 0 radical (unpaired) electrons. The molecule has 28 heavy (non-hydrogen) atoms. The standard InChI is InChI=1S/C20H25FN2O4S/c1-14(2)27-19-11-5-16(6-12-19)13-22-20(24)15(3)23(28(4,25)26)18-9-7-17(21)8-10-18/h5-12,14-15H,13H2,1-4H3,(H,22,24). The van der Waals surface area contributed by atoms with Crippen molar-refractivity contribution in [2.45, 2.75) is 39.5 Å². The van der Waals surface area contributed by atoms with Crippen LogP contribution in [0.5, 0.6) is 5.75 Å². The zero-order chi connectivity index (χ0) is 20.9. The zero-order valence-electron chi connectivity index (χ0n) is 16.3. The Hall–Kier alpha value is -2.61. The molecule has 0 bridgehead atoms. The number of rotatable bonds is 8. The fraction of sp³-hybridized carbons (Fsp3) is 0.350. The third-order valence-corrected chi connectivity index (χ3v) is 5.17. The van der Waals surface area contributed by atoms with Crippen LogP contribution in [0, 0.1) is 5.82 Å². The quantitative estimate of drug-likeness (QED) is 0.728. The van der Waals surface area contributed by atoms with Gasteiger partial charge >= 0.3 is 0 Å². The SMILES string of the molecule is CC(C)Oc1ccc(CNC(=O)C(C)N(c2ccc(F)cc2)S(C)(=O)=O)cc1. The van der Waals surface area contributed by atoms with E-state index < -0.39 is 27.8 Å². The summed E-state index contributed by atoms with van der Waals surface area (Å²) in [4.78, 5) is 12.5. The molecular weight excluding hydrogens is 383 g/mol. The predicted octanol–water partition coefficient (Wildman–Crippen LogP) is 3.08. The van der Waals surface area contributed by atoms with E-state index in [0.717, 1.165) is 34.0 Å². The van der Waals surface area contributed by atoms with Crippen LogP contribution in [0.1, 0.15) is 26.3 Å². The first-order valence-electron chi connectivity index (χ1n) is 8.86. The Morgan fingerprint density at radius 1 is 1.07 bits per heavy atom. The normalized spacial score (nSPS) is 12.5. The van der Waals surface area contributed by atoms with Crippen molar-refractivity contribution in [3.8, 4) is 5.75 Å². The molecule has 0 aromatic heterocycles. The van der Waals surface area contributed by atoms with E-state index in [1.807, 2.05) is 38.1 Å². The van der Waals surface area contributed by atoms with E-state index >= 15 is 0 Å². The average Bonchev–Trinajstić information content (AvgIpc) is 2.61. The molecule has 0 heterocycles. The third-order valence-electron chi connectivity index (χ3n) is 3.93. The molecule has 2 rings (SSSR count). The molecule has 1 N–H and O–H groups in total. The number of nitrogens with zero attached hydrogens (tertiary/aromatic N) is 1. The van der Waals surface area contributed by atoms with Gasteiger partial charge in [-0.05, 0) is 62.7 Å². The van der Waals surface area contributed by atoms with Gasteiger partial charge in [0, 0.05) is 6.54 Å². The topological polar surface area (TPSA) is 75.7 Å². The maximum absolute atomic E-state index is 13.2. The minimum atomic E-state index is -3.74. The molecular formula is C20H25FN2O4S. The van der Waals surface area contributed by atoms with Gasteiger partial charge in [0.05, 0.1) is 18.0 Å². The predicted molar refractivity (Wildman–Crippen MR) is 107 cm³/mol. The number of hydrogen-bond acceptors (Lipinski definition) is 4. The number of carbonyl (C=O) groups is 1. The summed E-state index contributed by atoms with van der Waals surface area (Å²) >= 11 is 0. The van der Waals surface area contributed by atoms with E-state index in [2.05, 4.69) is 5.32 Å². The molecule has 0 aliphatic heterocycles. The van der Waals surface area contributed by atoms with Crippen molar-refractivity contribution in [3.63, 3.8) is 0 Å². The second-order valence-corrected chi connectivity index (χ2v) is 8.60. The zero-order valence-corrected chi connectivity index (χ0v) is 17.2. The highest BCUT2D eigenvalue weighted by Crippen LogP contribution is 2.21. The summed E-state index contributed by atoms with van der Waals surface area (Å²) in [5, 5.41) is 2.73. The van der Waals surface area contributed by atoms with Crippen molar-refractivity contribution < 1.29 is 22.3 Å². The van der Waals surface area contributed by atoms with Gasteiger partial charge in [-0.15, -0.1) is 0 Å². The fourth-order valence-electron chi connectivity index (χ4n) is 2.69. The number of ether oxygens (including phenoxy) is 1. The van der Waals surface area contributed by atoms with Gasteiger partial charge in [0.2, 0.25) is 15.9 Å². The van der Waals surface area contributed by atoms with Crippen LogP contribution in [0.25, 0.3) is 0 Å². The van der Waals surface area contributed by atoms with Gasteiger partial charge in [-0.3, -0.25) is 9.10 Å².